The number of aryl methyl sites for hydroxylation is 1. The second-order valence-electron chi connectivity index (χ2n) is 7.02. The molecule has 0 bridgehead atoms. The van der Waals surface area contributed by atoms with Gasteiger partial charge in [-0.05, 0) is 48.4 Å². The third kappa shape index (κ3) is 3.80. The van der Waals surface area contributed by atoms with Gasteiger partial charge in [-0.25, -0.2) is 17.1 Å². The molecule has 0 fully saturated rings. The normalized spacial score (nSPS) is 11.6. The van der Waals surface area contributed by atoms with Crippen LogP contribution in [0.5, 0.6) is 11.5 Å². The van der Waals surface area contributed by atoms with E-state index in [-0.39, 0.29) is 17.7 Å². The largest absolute Gasteiger partial charge is 0.493 e. The molecule has 9 nitrogen and oxygen atoms in total. The monoisotopic (exact) mass is 455 g/mol. The Hall–Kier alpha value is -3.79. The van der Waals surface area contributed by atoms with Crippen molar-refractivity contribution in [3.05, 3.63) is 66.6 Å². The summed E-state index contributed by atoms with van der Waals surface area (Å²) in [7, 11) is -1.03. The molecule has 0 aliphatic carbocycles. The zero-order valence-electron chi connectivity index (χ0n) is 17.4. The maximum Gasteiger partial charge on any atom is 0.303 e. The minimum Gasteiger partial charge on any atom is -0.493 e. The number of benzene rings is 2. The minimum absolute atomic E-state index is 0.0878. The van der Waals surface area contributed by atoms with Gasteiger partial charge in [-0.3, -0.25) is 4.79 Å². The summed E-state index contributed by atoms with van der Waals surface area (Å²) in [5.74, 6) is -0.174. The van der Waals surface area contributed by atoms with Gasteiger partial charge in [-0.15, -0.1) is 0 Å². The lowest BCUT2D eigenvalue weighted by Gasteiger charge is -2.11. The van der Waals surface area contributed by atoms with E-state index in [1.54, 1.807) is 47.4 Å². The molecular weight excluding hydrogens is 434 g/mol. The van der Waals surface area contributed by atoms with Crippen LogP contribution in [0.25, 0.3) is 16.6 Å². The number of carboxylic acid groups (broad SMARTS) is 1. The Morgan fingerprint density at radius 2 is 1.78 bits per heavy atom. The topological polar surface area (TPSA) is 113 Å². The van der Waals surface area contributed by atoms with E-state index in [0.717, 1.165) is 9.66 Å². The third-order valence-corrected chi connectivity index (χ3v) is 6.82. The molecule has 0 aliphatic rings. The molecule has 4 aromatic rings. The number of carboxylic acids is 1. The fourth-order valence-corrected chi connectivity index (χ4v) is 4.92. The van der Waals surface area contributed by atoms with E-state index in [1.807, 2.05) is 0 Å². The van der Waals surface area contributed by atoms with Crippen molar-refractivity contribution in [1.82, 2.24) is 13.8 Å². The van der Waals surface area contributed by atoms with Gasteiger partial charge in [-0.1, -0.05) is 0 Å². The Morgan fingerprint density at radius 3 is 2.38 bits per heavy atom. The van der Waals surface area contributed by atoms with Gasteiger partial charge in [0.05, 0.1) is 30.3 Å². The van der Waals surface area contributed by atoms with Crippen LogP contribution in [-0.2, 0) is 21.2 Å². The molecule has 0 spiro atoms. The highest BCUT2D eigenvalue weighted by Gasteiger charge is 2.23. The van der Waals surface area contributed by atoms with Crippen LogP contribution in [-0.4, -0.2) is 47.5 Å². The fourth-order valence-electron chi connectivity index (χ4n) is 3.53. The summed E-state index contributed by atoms with van der Waals surface area (Å²) in [6.07, 6.45) is 4.89. The molecular formula is C22H21N3O6S. The van der Waals surface area contributed by atoms with Gasteiger partial charge in [0.15, 0.2) is 11.5 Å². The molecule has 166 valence electrons. The molecule has 32 heavy (non-hydrogen) atoms. The highest BCUT2D eigenvalue weighted by atomic mass is 32.2. The number of ether oxygens (including phenoxy) is 2. The first-order valence-electron chi connectivity index (χ1n) is 9.68. The number of aromatic nitrogens is 3. The maximum absolute atomic E-state index is 13.5. The molecule has 2 heterocycles. The number of fused-ring (bicyclic) bond motifs is 1. The van der Waals surface area contributed by atoms with E-state index in [0.29, 0.717) is 28.0 Å². The smallest absolute Gasteiger partial charge is 0.303 e. The minimum atomic E-state index is -3.97. The molecule has 0 saturated heterocycles. The van der Waals surface area contributed by atoms with Gasteiger partial charge in [0.1, 0.15) is 0 Å². The predicted octanol–water partition coefficient (Wildman–Crippen LogP) is 3.10. The molecule has 2 aromatic carbocycles. The zero-order valence-corrected chi connectivity index (χ0v) is 18.2. The van der Waals surface area contributed by atoms with Crippen molar-refractivity contribution < 1.29 is 27.8 Å². The fraction of sp³-hybridized carbons (Fsp3) is 0.182. The van der Waals surface area contributed by atoms with Crippen molar-refractivity contribution in [3.63, 3.8) is 0 Å². The summed E-state index contributed by atoms with van der Waals surface area (Å²) in [5, 5.41) is 13.8. The second kappa shape index (κ2) is 8.39. The van der Waals surface area contributed by atoms with Gasteiger partial charge in [-0.2, -0.15) is 5.10 Å². The lowest BCUT2D eigenvalue weighted by Crippen LogP contribution is -2.12. The summed E-state index contributed by atoms with van der Waals surface area (Å²) >= 11 is 0. The molecule has 0 unspecified atom stereocenters. The van der Waals surface area contributed by atoms with Crippen molar-refractivity contribution in [2.45, 2.75) is 17.7 Å². The lowest BCUT2D eigenvalue weighted by atomic mass is 10.1. The average Bonchev–Trinajstić information content (AvgIpc) is 3.45. The SMILES string of the molecule is COc1cc2c(CCC(=O)O)cn(S(=O)(=O)c3ccc(-n4cccn4)cc3)c2cc1OC. The molecule has 0 atom stereocenters. The average molecular weight is 455 g/mol. The van der Waals surface area contributed by atoms with Crippen LogP contribution in [0.3, 0.4) is 0 Å². The molecule has 4 rings (SSSR count). The number of nitrogens with zero attached hydrogens (tertiary/aromatic N) is 3. The van der Waals surface area contributed by atoms with E-state index in [9.17, 15) is 13.2 Å². The van der Waals surface area contributed by atoms with E-state index >= 15 is 0 Å². The molecule has 2 aromatic heterocycles. The van der Waals surface area contributed by atoms with Gasteiger partial charge >= 0.3 is 5.97 Å². The van der Waals surface area contributed by atoms with Crippen molar-refractivity contribution in [1.29, 1.82) is 0 Å². The van der Waals surface area contributed by atoms with Crippen LogP contribution in [0.2, 0.25) is 0 Å². The highest BCUT2D eigenvalue weighted by Crippen LogP contribution is 2.36. The van der Waals surface area contributed by atoms with Crippen LogP contribution >= 0.6 is 0 Å². The van der Waals surface area contributed by atoms with Crippen LogP contribution in [0.15, 0.2) is 66.0 Å². The zero-order chi connectivity index (χ0) is 22.9. The van der Waals surface area contributed by atoms with E-state index < -0.39 is 16.0 Å². The predicted molar refractivity (Wildman–Crippen MR) is 117 cm³/mol. The third-order valence-electron chi connectivity index (χ3n) is 5.13. The maximum atomic E-state index is 13.5. The van der Waals surface area contributed by atoms with E-state index in [2.05, 4.69) is 5.10 Å². The van der Waals surface area contributed by atoms with E-state index in [1.165, 1.54) is 32.5 Å². The molecule has 0 saturated carbocycles. The van der Waals surface area contributed by atoms with Gasteiger partial charge in [0.25, 0.3) is 10.0 Å². The highest BCUT2D eigenvalue weighted by molar-refractivity contribution is 7.90. The molecule has 0 aliphatic heterocycles. The van der Waals surface area contributed by atoms with Gasteiger partial charge < -0.3 is 14.6 Å². The first kappa shape index (κ1) is 21.4. The number of methoxy groups -OCH3 is 2. The molecule has 0 radical (unpaired) electrons. The number of hydrogen-bond acceptors (Lipinski definition) is 6. The Bertz CT molecular complexity index is 1370. The first-order chi connectivity index (χ1) is 15.3. The number of rotatable bonds is 8. The Kier molecular flexibility index (Phi) is 5.62. The van der Waals surface area contributed by atoms with Crippen molar-refractivity contribution in [2.24, 2.45) is 0 Å². The second-order valence-corrected chi connectivity index (χ2v) is 8.83. The number of hydrogen-bond donors (Lipinski definition) is 1. The summed E-state index contributed by atoms with van der Waals surface area (Å²) in [4.78, 5) is 11.2. The van der Waals surface area contributed by atoms with Crippen molar-refractivity contribution >= 4 is 26.9 Å². The van der Waals surface area contributed by atoms with Crippen LogP contribution < -0.4 is 9.47 Å². The van der Waals surface area contributed by atoms with Crippen LogP contribution in [0, 0.1) is 0 Å². The van der Waals surface area contributed by atoms with Crippen LogP contribution in [0.1, 0.15) is 12.0 Å². The standard InChI is InChI=1S/C22H21N3O6S/c1-30-20-12-18-15(4-9-22(26)27)14-25(19(18)13-21(20)31-2)32(28,29)17-7-5-16(6-8-17)24-11-3-10-23-24/h3,5-8,10-14H,4,9H2,1-2H3,(H,26,27). The molecule has 0 amide bonds. The Labute approximate surface area is 184 Å². The lowest BCUT2D eigenvalue weighted by molar-refractivity contribution is -0.136. The summed E-state index contributed by atoms with van der Waals surface area (Å²) in [5.41, 5.74) is 1.68. The van der Waals surface area contributed by atoms with E-state index in [4.69, 9.17) is 14.6 Å². The Morgan fingerprint density at radius 1 is 1.09 bits per heavy atom. The van der Waals surface area contributed by atoms with Gasteiger partial charge in [0, 0.05) is 36.5 Å². The molecule has 1 N–H and O–H groups in total. The Balaban J connectivity index is 1.85. The quantitative estimate of drug-likeness (QED) is 0.434. The summed E-state index contributed by atoms with van der Waals surface area (Å²) in [6.45, 7) is 0. The van der Waals surface area contributed by atoms with Crippen molar-refractivity contribution in [3.8, 4) is 17.2 Å². The number of aliphatic carboxylic acids is 1. The summed E-state index contributed by atoms with van der Waals surface area (Å²) in [6, 6.07) is 11.4. The molecule has 10 heteroatoms. The van der Waals surface area contributed by atoms with Crippen LogP contribution in [0.4, 0.5) is 0 Å². The first-order valence-corrected chi connectivity index (χ1v) is 11.1. The van der Waals surface area contributed by atoms with Gasteiger partial charge in [0.2, 0.25) is 0 Å². The number of carbonyl (C=O) groups is 1. The van der Waals surface area contributed by atoms with Crippen molar-refractivity contribution in [2.75, 3.05) is 14.2 Å². The summed E-state index contributed by atoms with van der Waals surface area (Å²) < 4.78 is 40.5.